The molecule has 0 aliphatic carbocycles. The Bertz CT molecular complexity index is 522. The summed E-state index contributed by atoms with van der Waals surface area (Å²) in [5.41, 5.74) is 0.929. The maximum absolute atomic E-state index is 10.7. The first-order valence-electron chi connectivity index (χ1n) is 4.93. The summed E-state index contributed by atoms with van der Waals surface area (Å²) >= 11 is 5.55. The Labute approximate surface area is 102 Å². The number of benzene rings is 1. The van der Waals surface area contributed by atoms with Gasteiger partial charge >= 0.3 is 5.97 Å². The quantitative estimate of drug-likeness (QED) is 0.845. The van der Waals surface area contributed by atoms with E-state index in [2.05, 4.69) is 10.1 Å². The molecule has 0 radical (unpaired) electrons. The van der Waals surface area contributed by atoms with E-state index in [-0.39, 0.29) is 5.56 Å². The van der Waals surface area contributed by atoms with Crippen LogP contribution in [0, 0.1) is 0 Å². The molecule has 0 saturated carbocycles. The van der Waals surface area contributed by atoms with Gasteiger partial charge in [-0.1, -0.05) is 17.3 Å². The molecule has 17 heavy (non-hydrogen) atoms. The van der Waals surface area contributed by atoms with Gasteiger partial charge in [0.05, 0.1) is 5.56 Å². The zero-order chi connectivity index (χ0) is 12.3. The molecule has 2 aromatic rings. The molecule has 2 rings (SSSR count). The molecule has 88 valence electrons. The molecule has 0 atom stereocenters. The second-order valence-electron chi connectivity index (χ2n) is 3.33. The Kier molecular flexibility index (Phi) is 3.39. The maximum Gasteiger partial charge on any atom is 0.335 e. The number of aromatic nitrogens is 2. The molecule has 1 aromatic carbocycles. The molecule has 0 aliphatic heterocycles. The van der Waals surface area contributed by atoms with E-state index < -0.39 is 5.97 Å². The average molecular weight is 253 g/mol. The lowest BCUT2D eigenvalue weighted by Crippen LogP contribution is -1.95. The number of nitrogens with zero attached hydrogens (tertiary/aromatic N) is 2. The van der Waals surface area contributed by atoms with Crippen molar-refractivity contribution in [2.24, 2.45) is 0 Å². The van der Waals surface area contributed by atoms with Crippen molar-refractivity contribution < 1.29 is 14.4 Å². The van der Waals surface area contributed by atoms with Gasteiger partial charge < -0.3 is 9.63 Å². The van der Waals surface area contributed by atoms with Crippen LogP contribution in [-0.2, 0) is 6.42 Å². The van der Waals surface area contributed by atoms with Gasteiger partial charge in [-0.2, -0.15) is 4.98 Å². The summed E-state index contributed by atoms with van der Waals surface area (Å²) in [4.78, 5) is 14.8. The van der Waals surface area contributed by atoms with Crippen LogP contribution in [0.2, 0.25) is 0 Å². The van der Waals surface area contributed by atoms with Crippen molar-refractivity contribution >= 4 is 17.6 Å². The molecular formula is C11H9ClN2O3. The fraction of sp³-hybridized carbons (Fsp3) is 0.182. The number of carboxylic acids is 1. The number of carbonyl (C=O) groups is 1. The fourth-order valence-electron chi connectivity index (χ4n) is 1.32. The zero-order valence-corrected chi connectivity index (χ0v) is 9.52. The molecule has 0 bridgehead atoms. The van der Waals surface area contributed by atoms with Crippen molar-refractivity contribution in [1.29, 1.82) is 0 Å². The SMILES string of the molecule is O=C(O)c1ccc(-c2noc(CCCl)n2)cc1. The van der Waals surface area contributed by atoms with Crippen LogP contribution in [0.15, 0.2) is 28.8 Å². The molecule has 1 aromatic heterocycles. The number of carboxylic acid groups (broad SMARTS) is 1. The number of halogens is 1. The summed E-state index contributed by atoms with van der Waals surface area (Å²) in [6, 6.07) is 6.27. The summed E-state index contributed by atoms with van der Waals surface area (Å²) in [5, 5.41) is 12.5. The zero-order valence-electron chi connectivity index (χ0n) is 8.76. The number of hydrogen-bond donors (Lipinski definition) is 1. The molecular weight excluding hydrogens is 244 g/mol. The summed E-state index contributed by atoms with van der Waals surface area (Å²) in [5.74, 6) is 0.353. The molecule has 0 aliphatic rings. The monoisotopic (exact) mass is 252 g/mol. The highest BCUT2D eigenvalue weighted by Gasteiger charge is 2.09. The molecule has 5 nitrogen and oxygen atoms in total. The van der Waals surface area contributed by atoms with E-state index in [1.807, 2.05) is 0 Å². The topological polar surface area (TPSA) is 76.2 Å². The van der Waals surface area contributed by atoms with E-state index in [1.54, 1.807) is 12.1 Å². The third-order valence-corrected chi connectivity index (χ3v) is 2.36. The van der Waals surface area contributed by atoms with Crippen LogP contribution in [0.3, 0.4) is 0 Å². The number of aromatic carboxylic acids is 1. The van der Waals surface area contributed by atoms with Crippen LogP contribution in [0.4, 0.5) is 0 Å². The van der Waals surface area contributed by atoms with Crippen molar-refractivity contribution in [3.63, 3.8) is 0 Å². The minimum Gasteiger partial charge on any atom is -0.478 e. The van der Waals surface area contributed by atoms with Crippen LogP contribution in [-0.4, -0.2) is 27.1 Å². The number of rotatable bonds is 4. The van der Waals surface area contributed by atoms with Crippen molar-refractivity contribution in [1.82, 2.24) is 10.1 Å². The highest BCUT2D eigenvalue weighted by Crippen LogP contribution is 2.16. The van der Waals surface area contributed by atoms with E-state index in [0.717, 1.165) is 0 Å². The average Bonchev–Trinajstić information content (AvgIpc) is 2.78. The fourth-order valence-corrected chi connectivity index (χ4v) is 1.48. The number of aryl methyl sites for hydroxylation is 1. The van der Waals surface area contributed by atoms with E-state index in [4.69, 9.17) is 21.2 Å². The Hall–Kier alpha value is -1.88. The Morgan fingerprint density at radius 2 is 2.06 bits per heavy atom. The molecule has 1 N–H and O–H groups in total. The van der Waals surface area contributed by atoms with Gasteiger partial charge in [0.2, 0.25) is 11.7 Å². The van der Waals surface area contributed by atoms with Crippen LogP contribution >= 0.6 is 11.6 Å². The van der Waals surface area contributed by atoms with E-state index in [1.165, 1.54) is 12.1 Å². The summed E-state index contributed by atoms with van der Waals surface area (Å²) in [6.45, 7) is 0. The second-order valence-corrected chi connectivity index (χ2v) is 3.71. The Morgan fingerprint density at radius 3 is 2.65 bits per heavy atom. The first-order chi connectivity index (χ1) is 8.20. The number of alkyl halides is 1. The van der Waals surface area contributed by atoms with Gasteiger partial charge in [0.1, 0.15) is 0 Å². The third kappa shape index (κ3) is 2.62. The predicted octanol–water partition coefficient (Wildman–Crippen LogP) is 2.22. The lowest BCUT2D eigenvalue weighted by atomic mass is 10.1. The van der Waals surface area contributed by atoms with Gasteiger partial charge in [-0.05, 0) is 12.1 Å². The van der Waals surface area contributed by atoms with Gasteiger partial charge in [0, 0.05) is 17.9 Å². The van der Waals surface area contributed by atoms with Gasteiger partial charge in [0.25, 0.3) is 0 Å². The molecule has 0 amide bonds. The van der Waals surface area contributed by atoms with Crippen LogP contribution in [0.1, 0.15) is 16.2 Å². The van der Waals surface area contributed by atoms with Crippen LogP contribution < -0.4 is 0 Å². The van der Waals surface area contributed by atoms with E-state index in [9.17, 15) is 4.79 Å². The van der Waals surface area contributed by atoms with Crippen molar-refractivity contribution in [3.05, 3.63) is 35.7 Å². The lowest BCUT2D eigenvalue weighted by Gasteiger charge is -1.95. The third-order valence-electron chi connectivity index (χ3n) is 2.17. The van der Waals surface area contributed by atoms with Crippen LogP contribution in [0.25, 0.3) is 11.4 Å². The molecule has 0 saturated heterocycles. The summed E-state index contributed by atoms with van der Waals surface area (Å²) < 4.78 is 4.98. The Morgan fingerprint density at radius 1 is 1.35 bits per heavy atom. The summed E-state index contributed by atoms with van der Waals surface area (Å²) in [7, 11) is 0. The smallest absolute Gasteiger partial charge is 0.335 e. The molecule has 1 heterocycles. The lowest BCUT2D eigenvalue weighted by molar-refractivity contribution is 0.0697. The van der Waals surface area contributed by atoms with Crippen molar-refractivity contribution in [3.8, 4) is 11.4 Å². The standard InChI is InChI=1S/C11H9ClN2O3/c12-6-5-9-13-10(14-17-9)7-1-3-8(4-2-7)11(15)16/h1-4H,5-6H2,(H,15,16). The minimum absolute atomic E-state index is 0.221. The van der Waals surface area contributed by atoms with Crippen molar-refractivity contribution in [2.45, 2.75) is 6.42 Å². The van der Waals surface area contributed by atoms with E-state index >= 15 is 0 Å². The normalized spacial score (nSPS) is 10.4. The predicted molar refractivity (Wildman–Crippen MR) is 61.1 cm³/mol. The first kappa shape index (κ1) is 11.6. The first-order valence-corrected chi connectivity index (χ1v) is 5.46. The van der Waals surface area contributed by atoms with Crippen molar-refractivity contribution in [2.75, 3.05) is 5.88 Å². The Balaban J connectivity index is 2.23. The molecule has 6 heteroatoms. The number of hydrogen-bond acceptors (Lipinski definition) is 4. The largest absolute Gasteiger partial charge is 0.478 e. The van der Waals surface area contributed by atoms with E-state index in [0.29, 0.717) is 29.6 Å². The van der Waals surface area contributed by atoms with Gasteiger partial charge in [-0.3, -0.25) is 0 Å². The maximum atomic E-state index is 10.7. The molecule has 0 fully saturated rings. The minimum atomic E-state index is -0.965. The van der Waals surface area contributed by atoms with Gasteiger partial charge in [0.15, 0.2) is 0 Å². The summed E-state index contributed by atoms with van der Waals surface area (Å²) in [6.07, 6.45) is 0.516. The highest BCUT2D eigenvalue weighted by molar-refractivity contribution is 6.17. The van der Waals surface area contributed by atoms with Crippen LogP contribution in [0.5, 0.6) is 0 Å². The molecule has 0 unspecified atom stereocenters. The highest BCUT2D eigenvalue weighted by atomic mass is 35.5. The molecule has 0 spiro atoms. The van der Waals surface area contributed by atoms with Gasteiger partial charge in [-0.25, -0.2) is 4.79 Å². The second kappa shape index (κ2) is 4.97. The van der Waals surface area contributed by atoms with Gasteiger partial charge in [-0.15, -0.1) is 11.6 Å².